The van der Waals surface area contributed by atoms with E-state index < -0.39 is 0 Å². The molecule has 0 aliphatic carbocycles. The van der Waals surface area contributed by atoms with Crippen LogP contribution in [0.15, 0.2) is 36.5 Å². The molecule has 0 bridgehead atoms. The zero-order chi connectivity index (χ0) is 13.1. The van der Waals surface area contributed by atoms with E-state index in [2.05, 4.69) is 0 Å². The van der Waals surface area contributed by atoms with Gasteiger partial charge in [-0.3, -0.25) is 0 Å². The first-order valence-corrected chi connectivity index (χ1v) is 5.85. The number of aromatic nitrogens is 1. The molecule has 1 unspecified atom stereocenters. The molecule has 1 aromatic heterocycles. The van der Waals surface area contributed by atoms with Gasteiger partial charge in [0.05, 0.1) is 13.7 Å². The smallest absolute Gasteiger partial charge is 0.131 e. The van der Waals surface area contributed by atoms with Crippen LogP contribution in [-0.2, 0) is 6.54 Å². The van der Waals surface area contributed by atoms with Gasteiger partial charge in [0.15, 0.2) is 0 Å². The lowest BCUT2D eigenvalue weighted by Crippen LogP contribution is -2.13. The Balaban J connectivity index is 2.26. The van der Waals surface area contributed by atoms with E-state index in [0.29, 0.717) is 17.9 Å². The molecule has 3 nitrogen and oxygen atoms in total. The summed E-state index contributed by atoms with van der Waals surface area (Å²) in [4.78, 5) is 0. The Kier molecular flexibility index (Phi) is 3.67. The fourth-order valence-electron chi connectivity index (χ4n) is 1.95. The summed E-state index contributed by atoms with van der Waals surface area (Å²) in [7, 11) is 1.52. The summed E-state index contributed by atoms with van der Waals surface area (Å²) in [5.74, 6) is 0.259. The molecular formula is C14H17FN2O. The predicted octanol–water partition coefficient (Wildman–Crippen LogP) is 2.70. The zero-order valence-corrected chi connectivity index (χ0v) is 10.6. The first-order valence-electron chi connectivity index (χ1n) is 5.85. The maximum atomic E-state index is 13.8. The Labute approximate surface area is 106 Å². The van der Waals surface area contributed by atoms with Crippen molar-refractivity contribution in [2.45, 2.75) is 19.5 Å². The van der Waals surface area contributed by atoms with E-state index in [-0.39, 0.29) is 11.9 Å². The highest BCUT2D eigenvalue weighted by Gasteiger charge is 2.09. The quantitative estimate of drug-likeness (QED) is 0.903. The van der Waals surface area contributed by atoms with Crippen molar-refractivity contribution in [3.8, 4) is 5.75 Å². The molecule has 0 amide bonds. The Morgan fingerprint density at radius 3 is 2.78 bits per heavy atom. The number of ether oxygens (including phenoxy) is 1. The first-order chi connectivity index (χ1) is 8.61. The summed E-state index contributed by atoms with van der Waals surface area (Å²) < 4.78 is 20.8. The number of methoxy groups -OCH3 is 1. The molecule has 1 atom stereocenters. The van der Waals surface area contributed by atoms with Crippen LogP contribution in [0.3, 0.4) is 0 Å². The topological polar surface area (TPSA) is 40.2 Å². The van der Waals surface area contributed by atoms with Crippen molar-refractivity contribution in [1.82, 2.24) is 4.57 Å². The van der Waals surface area contributed by atoms with E-state index in [4.69, 9.17) is 10.5 Å². The van der Waals surface area contributed by atoms with E-state index in [1.807, 2.05) is 29.8 Å². The van der Waals surface area contributed by atoms with Crippen molar-refractivity contribution in [2.75, 3.05) is 7.11 Å². The lowest BCUT2D eigenvalue weighted by atomic mass is 10.2. The summed E-state index contributed by atoms with van der Waals surface area (Å²) in [6.07, 6.45) is 1.91. The van der Waals surface area contributed by atoms with Crippen LogP contribution in [0.25, 0.3) is 0 Å². The van der Waals surface area contributed by atoms with Gasteiger partial charge < -0.3 is 15.0 Å². The molecule has 18 heavy (non-hydrogen) atoms. The summed E-state index contributed by atoms with van der Waals surface area (Å²) in [6, 6.07) is 8.68. The van der Waals surface area contributed by atoms with Crippen molar-refractivity contribution >= 4 is 0 Å². The molecule has 2 rings (SSSR count). The van der Waals surface area contributed by atoms with Crippen LogP contribution in [0.5, 0.6) is 5.75 Å². The molecule has 0 spiro atoms. The maximum Gasteiger partial charge on any atom is 0.131 e. The van der Waals surface area contributed by atoms with Crippen LogP contribution in [0.4, 0.5) is 4.39 Å². The predicted molar refractivity (Wildman–Crippen MR) is 69.1 cm³/mol. The molecule has 4 heteroatoms. The molecule has 2 aromatic rings. The first kappa shape index (κ1) is 12.6. The Morgan fingerprint density at radius 2 is 2.17 bits per heavy atom. The van der Waals surface area contributed by atoms with Gasteiger partial charge in [0.25, 0.3) is 0 Å². The van der Waals surface area contributed by atoms with Crippen LogP contribution in [0.2, 0.25) is 0 Å². The molecule has 0 fully saturated rings. The lowest BCUT2D eigenvalue weighted by Gasteiger charge is -2.13. The lowest BCUT2D eigenvalue weighted by molar-refractivity contribution is 0.410. The van der Waals surface area contributed by atoms with Crippen molar-refractivity contribution in [3.63, 3.8) is 0 Å². The van der Waals surface area contributed by atoms with Crippen LogP contribution >= 0.6 is 0 Å². The minimum absolute atomic E-state index is 0.0682. The number of halogens is 1. The second-order valence-corrected chi connectivity index (χ2v) is 4.31. The van der Waals surface area contributed by atoms with E-state index in [0.717, 1.165) is 5.69 Å². The molecule has 0 saturated carbocycles. The summed E-state index contributed by atoms with van der Waals surface area (Å²) in [6.45, 7) is 2.38. The highest BCUT2D eigenvalue weighted by molar-refractivity contribution is 5.29. The molecule has 0 aliphatic heterocycles. The minimum Gasteiger partial charge on any atom is -0.497 e. The average molecular weight is 248 g/mol. The summed E-state index contributed by atoms with van der Waals surface area (Å²) in [5, 5.41) is 0. The van der Waals surface area contributed by atoms with Crippen molar-refractivity contribution in [3.05, 3.63) is 53.6 Å². The second-order valence-electron chi connectivity index (χ2n) is 4.31. The Bertz CT molecular complexity index is 534. The van der Waals surface area contributed by atoms with Gasteiger partial charge in [-0.25, -0.2) is 4.39 Å². The van der Waals surface area contributed by atoms with Crippen molar-refractivity contribution in [2.24, 2.45) is 5.73 Å². The maximum absolute atomic E-state index is 13.8. The highest BCUT2D eigenvalue weighted by Crippen LogP contribution is 2.19. The van der Waals surface area contributed by atoms with Gasteiger partial charge in [-0.1, -0.05) is 6.07 Å². The van der Waals surface area contributed by atoms with Gasteiger partial charge in [0, 0.05) is 29.6 Å². The van der Waals surface area contributed by atoms with E-state index in [1.165, 1.54) is 13.2 Å². The Hall–Kier alpha value is -1.81. The van der Waals surface area contributed by atoms with Gasteiger partial charge in [0.2, 0.25) is 0 Å². The van der Waals surface area contributed by atoms with Crippen LogP contribution in [0.1, 0.15) is 24.2 Å². The molecule has 1 aromatic carbocycles. The van der Waals surface area contributed by atoms with Crippen LogP contribution in [-0.4, -0.2) is 11.7 Å². The Morgan fingerprint density at radius 1 is 1.39 bits per heavy atom. The number of nitrogens with zero attached hydrogens (tertiary/aromatic N) is 1. The molecule has 0 radical (unpaired) electrons. The van der Waals surface area contributed by atoms with Crippen LogP contribution < -0.4 is 10.5 Å². The molecule has 0 aliphatic rings. The van der Waals surface area contributed by atoms with Crippen LogP contribution in [0, 0.1) is 5.82 Å². The molecule has 0 saturated heterocycles. The number of nitrogens with two attached hydrogens (primary N) is 1. The largest absolute Gasteiger partial charge is 0.497 e. The number of rotatable bonds is 4. The van der Waals surface area contributed by atoms with Gasteiger partial charge in [-0.2, -0.15) is 0 Å². The van der Waals surface area contributed by atoms with Crippen molar-refractivity contribution in [1.29, 1.82) is 0 Å². The minimum atomic E-state index is -0.265. The standard InChI is InChI=1S/C14H17FN2O/c1-10(16)14-4-3-7-17(14)9-11-5-6-12(18-2)8-13(11)15/h3-8,10H,9,16H2,1-2H3. The van der Waals surface area contributed by atoms with Crippen molar-refractivity contribution < 1.29 is 9.13 Å². The second kappa shape index (κ2) is 5.23. The van der Waals surface area contributed by atoms with Gasteiger partial charge in [-0.05, 0) is 25.1 Å². The molecular weight excluding hydrogens is 231 g/mol. The highest BCUT2D eigenvalue weighted by atomic mass is 19.1. The number of benzene rings is 1. The average Bonchev–Trinajstić information content (AvgIpc) is 2.80. The fraction of sp³-hybridized carbons (Fsp3) is 0.286. The van der Waals surface area contributed by atoms with Gasteiger partial charge >= 0.3 is 0 Å². The number of hydrogen-bond donors (Lipinski definition) is 1. The van der Waals surface area contributed by atoms with Gasteiger partial charge in [0.1, 0.15) is 11.6 Å². The normalized spacial score (nSPS) is 12.4. The van der Waals surface area contributed by atoms with E-state index >= 15 is 0 Å². The molecule has 1 heterocycles. The number of hydrogen-bond acceptors (Lipinski definition) is 2. The van der Waals surface area contributed by atoms with E-state index in [1.54, 1.807) is 12.1 Å². The van der Waals surface area contributed by atoms with E-state index in [9.17, 15) is 4.39 Å². The van der Waals surface area contributed by atoms with Gasteiger partial charge in [-0.15, -0.1) is 0 Å². The fourth-order valence-corrected chi connectivity index (χ4v) is 1.95. The monoisotopic (exact) mass is 248 g/mol. The third kappa shape index (κ3) is 2.54. The summed E-state index contributed by atoms with van der Waals surface area (Å²) in [5.41, 5.74) is 7.47. The molecule has 2 N–H and O–H groups in total. The summed E-state index contributed by atoms with van der Waals surface area (Å²) >= 11 is 0. The zero-order valence-electron chi connectivity index (χ0n) is 10.6. The third-order valence-corrected chi connectivity index (χ3v) is 2.93. The molecule has 96 valence electrons. The SMILES string of the molecule is COc1ccc(Cn2cccc2C(C)N)c(F)c1. The third-order valence-electron chi connectivity index (χ3n) is 2.93.